The van der Waals surface area contributed by atoms with Gasteiger partial charge in [0.05, 0.1) is 27.8 Å². The van der Waals surface area contributed by atoms with Crippen LogP contribution in [-0.4, -0.2) is 14.3 Å². The molecule has 2 N–H and O–H groups in total. The van der Waals surface area contributed by atoms with Gasteiger partial charge in [0.1, 0.15) is 0 Å². The Morgan fingerprint density at radius 2 is 1.72 bits per heavy atom. The van der Waals surface area contributed by atoms with Crippen molar-refractivity contribution < 1.29 is 13.2 Å². The van der Waals surface area contributed by atoms with E-state index in [1.165, 1.54) is 30.3 Å². The first kappa shape index (κ1) is 20.1. The van der Waals surface area contributed by atoms with Crippen molar-refractivity contribution in [3.8, 4) is 6.07 Å². The molecule has 0 aliphatic heterocycles. The van der Waals surface area contributed by atoms with Crippen molar-refractivity contribution in [2.24, 2.45) is 0 Å². The van der Waals surface area contributed by atoms with Crippen LogP contribution in [0, 0.1) is 11.3 Å². The highest BCUT2D eigenvalue weighted by Gasteiger charge is 2.19. The molecule has 0 atom stereocenters. The normalized spacial score (nSPS) is 10.8. The summed E-state index contributed by atoms with van der Waals surface area (Å²) in [6.07, 6.45) is 0.895. The van der Waals surface area contributed by atoms with E-state index in [-0.39, 0.29) is 21.7 Å². The van der Waals surface area contributed by atoms with Gasteiger partial charge in [-0.3, -0.25) is 9.52 Å². The third-order valence-electron chi connectivity index (χ3n) is 4.31. The van der Waals surface area contributed by atoms with Crippen molar-refractivity contribution in [1.82, 2.24) is 0 Å². The van der Waals surface area contributed by atoms with Crippen LogP contribution in [0.15, 0.2) is 77.7 Å². The molecule has 6 nitrogen and oxygen atoms in total. The molecule has 0 fully saturated rings. The SMILES string of the molecule is CCc1ccc(NC(=O)c2ccccc2NS(=O)(=O)c2cccc(C#N)c2)cc1. The van der Waals surface area contributed by atoms with Crippen molar-refractivity contribution in [3.63, 3.8) is 0 Å². The summed E-state index contributed by atoms with van der Waals surface area (Å²) >= 11 is 0. The Hall–Kier alpha value is -3.63. The smallest absolute Gasteiger partial charge is 0.261 e. The highest BCUT2D eigenvalue weighted by atomic mass is 32.2. The Morgan fingerprint density at radius 1 is 1.00 bits per heavy atom. The number of hydrogen-bond donors (Lipinski definition) is 2. The summed E-state index contributed by atoms with van der Waals surface area (Å²) in [4.78, 5) is 12.7. The number of nitrogens with zero attached hydrogens (tertiary/aromatic N) is 1. The monoisotopic (exact) mass is 405 g/mol. The maximum absolute atomic E-state index is 12.7. The van der Waals surface area contributed by atoms with Gasteiger partial charge in [-0.05, 0) is 54.4 Å². The van der Waals surface area contributed by atoms with Gasteiger partial charge in [-0.1, -0.05) is 37.3 Å². The summed E-state index contributed by atoms with van der Waals surface area (Å²) in [5.41, 5.74) is 2.33. The van der Waals surface area contributed by atoms with E-state index in [9.17, 15) is 13.2 Å². The Kier molecular flexibility index (Phi) is 5.96. The number of anilines is 2. The van der Waals surface area contributed by atoms with Crippen molar-refractivity contribution in [2.45, 2.75) is 18.2 Å². The first-order chi connectivity index (χ1) is 13.9. The van der Waals surface area contributed by atoms with E-state index in [2.05, 4.69) is 10.0 Å². The number of nitrogens with one attached hydrogen (secondary N) is 2. The lowest BCUT2D eigenvalue weighted by Crippen LogP contribution is -2.18. The Morgan fingerprint density at radius 3 is 2.41 bits per heavy atom. The molecule has 0 bridgehead atoms. The third-order valence-corrected chi connectivity index (χ3v) is 5.67. The minimum atomic E-state index is -3.96. The molecule has 0 aliphatic carbocycles. The number of carbonyl (C=O) groups excluding carboxylic acids is 1. The summed E-state index contributed by atoms with van der Waals surface area (Å²) in [7, 11) is -3.96. The van der Waals surface area contributed by atoms with Crippen molar-refractivity contribution in [1.29, 1.82) is 5.26 Å². The van der Waals surface area contributed by atoms with Gasteiger partial charge in [0.25, 0.3) is 15.9 Å². The maximum Gasteiger partial charge on any atom is 0.261 e. The fourth-order valence-electron chi connectivity index (χ4n) is 2.73. The highest BCUT2D eigenvalue weighted by molar-refractivity contribution is 7.92. The lowest BCUT2D eigenvalue weighted by Gasteiger charge is -2.13. The lowest BCUT2D eigenvalue weighted by atomic mass is 10.1. The number of para-hydroxylation sites is 1. The van der Waals surface area contributed by atoms with Crippen LogP contribution < -0.4 is 10.0 Å². The largest absolute Gasteiger partial charge is 0.322 e. The fourth-order valence-corrected chi connectivity index (χ4v) is 3.85. The Bertz CT molecular complexity index is 1180. The summed E-state index contributed by atoms with van der Waals surface area (Å²) in [5, 5.41) is 11.8. The van der Waals surface area contributed by atoms with Gasteiger partial charge < -0.3 is 5.32 Å². The molecule has 0 saturated heterocycles. The molecule has 0 radical (unpaired) electrons. The van der Waals surface area contributed by atoms with Crippen LogP contribution in [0.2, 0.25) is 0 Å². The van der Waals surface area contributed by atoms with E-state index in [0.717, 1.165) is 12.0 Å². The lowest BCUT2D eigenvalue weighted by molar-refractivity contribution is 0.102. The minimum absolute atomic E-state index is 0.0538. The average molecular weight is 405 g/mol. The zero-order valence-electron chi connectivity index (χ0n) is 15.7. The van der Waals surface area contributed by atoms with Gasteiger partial charge in [-0.15, -0.1) is 0 Å². The average Bonchev–Trinajstić information content (AvgIpc) is 2.74. The molecular formula is C22H19N3O3S. The van der Waals surface area contributed by atoms with E-state index < -0.39 is 15.9 Å². The van der Waals surface area contributed by atoms with Gasteiger partial charge >= 0.3 is 0 Å². The molecule has 1 amide bonds. The van der Waals surface area contributed by atoms with Crippen LogP contribution in [0.5, 0.6) is 0 Å². The Labute approximate surface area is 169 Å². The molecule has 0 aliphatic rings. The fraction of sp³-hybridized carbons (Fsp3) is 0.0909. The topological polar surface area (TPSA) is 99.1 Å². The number of carbonyl (C=O) groups is 1. The van der Waals surface area contributed by atoms with Crippen molar-refractivity contribution >= 4 is 27.3 Å². The predicted octanol–water partition coefficient (Wildman–Crippen LogP) is 4.17. The molecule has 0 aromatic heterocycles. The molecule has 3 aromatic carbocycles. The predicted molar refractivity (Wildman–Crippen MR) is 112 cm³/mol. The number of sulfonamides is 1. The number of rotatable bonds is 6. The van der Waals surface area contributed by atoms with Gasteiger partial charge in [-0.25, -0.2) is 8.42 Å². The number of benzene rings is 3. The second-order valence-corrected chi connectivity index (χ2v) is 7.98. The third kappa shape index (κ3) is 4.81. The van der Waals surface area contributed by atoms with E-state index in [1.54, 1.807) is 30.3 Å². The molecule has 3 rings (SSSR count). The minimum Gasteiger partial charge on any atom is -0.322 e. The summed E-state index contributed by atoms with van der Waals surface area (Å²) in [5.74, 6) is -0.432. The molecule has 3 aromatic rings. The van der Waals surface area contributed by atoms with Crippen molar-refractivity contribution in [2.75, 3.05) is 10.0 Å². The van der Waals surface area contributed by atoms with E-state index in [1.807, 2.05) is 25.1 Å². The van der Waals surface area contributed by atoms with Crippen LogP contribution in [0.3, 0.4) is 0 Å². The van der Waals surface area contributed by atoms with Gasteiger partial charge in [-0.2, -0.15) is 5.26 Å². The van der Waals surface area contributed by atoms with Gasteiger partial charge in [0.2, 0.25) is 0 Å². The maximum atomic E-state index is 12.7. The Balaban J connectivity index is 1.86. The summed E-state index contributed by atoms with van der Waals surface area (Å²) in [6, 6.07) is 21.4. The molecule has 29 heavy (non-hydrogen) atoms. The van der Waals surface area contributed by atoms with Crippen LogP contribution in [-0.2, 0) is 16.4 Å². The van der Waals surface area contributed by atoms with Crippen LogP contribution >= 0.6 is 0 Å². The molecular weight excluding hydrogens is 386 g/mol. The van der Waals surface area contributed by atoms with Gasteiger partial charge in [0, 0.05) is 5.69 Å². The van der Waals surface area contributed by atoms with E-state index >= 15 is 0 Å². The zero-order chi connectivity index (χ0) is 20.9. The second kappa shape index (κ2) is 8.59. The van der Waals surface area contributed by atoms with E-state index in [0.29, 0.717) is 5.69 Å². The van der Waals surface area contributed by atoms with Crippen molar-refractivity contribution in [3.05, 3.63) is 89.5 Å². The molecule has 0 heterocycles. The zero-order valence-corrected chi connectivity index (χ0v) is 16.5. The molecule has 0 unspecified atom stereocenters. The molecule has 0 saturated carbocycles. The molecule has 146 valence electrons. The number of nitriles is 1. The summed E-state index contributed by atoms with van der Waals surface area (Å²) in [6.45, 7) is 2.04. The highest BCUT2D eigenvalue weighted by Crippen LogP contribution is 2.22. The number of aryl methyl sites for hydroxylation is 1. The van der Waals surface area contributed by atoms with Crippen LogP contribution in [0.1, 0.15) is 28.4 Å². The first-order valence-electron chi connectivity index (χ1n) is 8.95. The van der Waals surface area contributed by atoms with E-state index in [4.69, 9.17) is 5.26 Å². The van der Waals surface area contributed by atoms with Crippen LogP contribution in [0.4, 0.5) is 11.4 Å². The molecule has 0 spiro atoms. The van der Waals surface area contributed by atoms with Crippen LogP contribution in [0.25, 0.3) is 0 Å². The summed E-state index contributed by atoms with van der Waals surface area (Å²) < 4.78 is 27.9. The van der Waals surface area contributed by atoms with Gasteiger partial charge in [0.15, 0.2) is 0 Å². The first-order valence-corrected chi connectivity index (χ1v) is 10.4. The number of hydrogen-bond acceptors (Lipinski definition) is 4. The molecule has 7 heteroatoms. The second-order valence-electron chi connectivity index (χ2n) is 6.30. The standard InChI is InChI=1S/C22H19N3O3S/c1-2-16-10-12-18(13-11-16)24-22(26)20-8-3-4-9-21(20)25-29(27,28)19-7-5-6-17(14-19)15-23/h3-14,25H,2H2,1H3,(H,24,26). The number of amides is 1. The quantitative estimate of drug-likeness (QED) is 0.643.